The van der Waals surface area contributed by atoms with Gasteiger partial charge in [0, 0.05) is 35.5 Å². The molecule has 1 amide bonds. The van der Waals surface area contributed by atoms with E-state index in [2.05, 4.69) is 21.8 Å². The van der Waals surface area contributed by atoms with Gasteiger partial charge in [0.2, 0.25) is 10.0 Å². The Balaban J connectivity index is 1.28. The molecule has 9 nitrogen and oxygen atoms in total. The molecule has 2 aromatic rings. The first-order valence-corrected chi connectivity index (χ1v) is 18.4. The summed E-state index contributed by atoms with van der Waals surface area (Å²) in [7, 11) is -3.92. The van der Waals surface area contributed by atoms with Gasteiger partial charge in [0.25, 0.3) is 5.91 Å². The molecule has 0 unspecified atom stereocenters. The van der Waals surface area contributed by atoms with Crippen molar-refractivity contribution in [1.82, 2.24) is 4.72 Å². The number of allylic oxidation sites excluding steroid dienone is 1. The number of nitrogens with one attached hydrogen (secondary N) is 1. The number of sulfonamides is 1. The SMILES string of the molecule is C[C@@H]1CC/C=C\[C@H](O[C@@H]2CCOC2=O)[C@@H]2CC[C@H]2CN2C[C@@]3(CCCc4cc(Cl)ccc43)COc3ccc(cc32)C(=O)NS1(=O)=O. The third-order valence-corrected chi connectivity index (χ3v) is 12.7. The number of cyclic esters (lactones) is 1. The van der Waals surface area contributed by atoms with Crippen LogP contribution in [-0.4, -0.2) is 64.1 Å². The number of halogens is 1. The molecule has 246 valence electrons. The summed E-state index contributed by atoms with van der Waals surface area (Å²) >= 11 is 6.42. The molecular weight excluding hydrogens is 628 g/mol. The van der Waals surface area contributed by atoms with Gasteiger partial charge in [-0.2, -0.15) is 0 Å². The smallest absolute Gasteiger partial charge is 0.335 e. The molecule has 2 aliphatic carbocycles. The van der Waals surface area contributed by atoms with Crippen molar-refractivity contribution in [3.63, 3.8) is 0 Å². The van der Waals surface area contributed by atoms with Crippen molar-refractivity contribution >= 4 is 39.2 Å². The van der Waals surface area contributed by atoms with Gasteiger partial charge in [-0.15, -0.1) is 0 Å². The van der Waals surface area contributed by atoms with Gasteiger partial charge in [0.05, 0.1) is 30.3 Å². The van der Waals surface area contributed by atoms with E-state index in [1.54, 1.807) is 25.1 Å². The number of hydrogen-bond acceptors (Lipinski definition) is 8. The number of esters is 1. The highest BCUT2D eigenvalue weighted by Crippen LogP contribution is 2.47. The first-order valence-electron chi connectivity index (χ1n) is 16.5. The van der Waals surface area contributed by atoms with E-state index in [4.69, 9.17) is 25.8 Å². The zero-order valence-corrected chi connectivity index (χ0v) is 27.7. The van der Waals surface area contributed by atoms with Crippen LogP contribution >= 0.6 is 11.6 Å². The number of amides is 1. The molecular formula is C35H41ClN2O7S. The molecule has 2 aromatic carbocycles. The summed E-state index contributed by atoms with van der Waals surface area (Å²) in [6.07, 6.45) is 9.32. The summed E-state index contributed by atoms with van der Waals surface area (Å²) < 4.78 is 46.8. The number of carbonyl (C=O) groups is 2. The topological polar surface area (TPSA) is 111 Å². The lowest BCUT2D eigenvalue weighted by Crippen LogP contribution is -2.50. The number of nitrogens with zero attached hydrogens (tertiary/aromatic N) is 1. The molecule has 3 heterocycles. The molecule has 7 rings (SSSR count). The lowest BCUT2D eigenvalue weighted by atomic mass is 9.68. The summed E-state index contributed by atoms with van der Waals surface area (Å²) in [4.78, 5) is 28.1. The van der Waals surface area contributed by atoms with Crippen molar-refractivity contribution in [2.45, 2.75) is 81.2 Å². The predicted octanol–water partition coefficient (Wildman–Crippen LogP) is 5.34. The van der Waals surface area contributed by atoms with E-state index in [9.17, 15) is 18.0 Å². The normalized spacial score (nSPS) is 33.0. The maximum atomic E-state index is 13.4. The minimum atomic E-state index is -3.92. The van der Waals surface area contributed by atoms with Crippen molar-refractivity contribution < 1.29 is 32.2 Å². The van der Waals surface area contributed by atoms with Crippen molar-refractivity contribution in [2.75, 3.05) is 31.2 Å². The van der Waals surface area contributed by atoms with Crippen molar-refractivity contribution in [2.24, 2.45) is 11.8 Å². The number of ether oxygens (including phenoxy) is 3. The van der Waals surface area contributed by atoms with E-state index in [1.165, 1.54) is 11.1 Å². The number of aryl methyl sites for hydroxylation is 1. The maximum absolute atomic E-state index is 13.4. The van der Waals surface area contributed by atoms with Crippen LogP contribution in [0.2, 0.25) is 5.02 Å². The predicted molar refractivity (Wildman–Crippen MR) is 175 cm³/mol. The van der Waals surface area contributed by atoms with Gasteiger partial charge in [0.15, 0.2) is 6.10 Å². The second-order valence-corrected chi connectivity index (χ2v) is 16.2. The molecule has 46 heavy (non-hydrogen) atoms. The number of rotatable bonds is 2. The summed E-state index contributed by atoms with van der Waals surface area (Å²) in [6.45, 7) is 3.83. The largest absolute Gasteiger partial charge is 0.490 e. The molecule has 5 aliphatic rings. The van der Waals surface area contributed by atoms with Crippen molar-refractivity contribution in [1.29, 1.82) is 0 Å². The van der Waals surface area contributed by atoms with E-state index in [0.717, 1.165) is 42.8 Å². The second-order valence-electron chi connectivity index (χ2n) is 13.6. The zero-order chi connectivity index (χ0) is 32.1. The van der Waals surface area contributed by atoms with Crippen LogP contribution in [0.5, 0.6) is 5.75 Å². The average molecular weight is 669 g/mol. The quantitative estimate of drug-likeness (QED) is 0.338. The fraction of sp³-hybridized carbons (Fsp3) is 0.543. The Morgan fingerprint density at radius 1 is 1.07 bits per heavy atom. The Morgan fingerprint density at radius 2 is 1.93 bits per heavy atom. The van der Waals surface area contributed by atoms with Crippen LogP contribution in [0, 0.1) is 11.8 Å². The zero-order valence-electron chi connectivity index (χ0n) is 26.1. The molecule has 1 saturated carbocycles. The fourth-order valence-corrected chi connectivity index (χ4v) is 9.10. The van der Waals surface area contributed by atoms with Gasteiger partial charge in [-0.3, -0.25) is 4.79 Å². The number of anilines is 1. The van der Waals surface area contributed by atoms with Crippen LogP contribution in [0.4, 0.5) is 5.69 Å². The summed E-state index contributed by atoms with van der Waals surface area (Å²) in [5.41, 5.74) is 3.25. The van der Waals surface area contributed by atoms with Gasteiger partial charge in [0.1, 0.15) is 5.75 Å². The van der Waals surface area contributed by atoms with Crippen molar-refractivity contribution in [3.05, 3.63) is 70.3 Å². The standard InChI is InChI=1S/C35H41ClN2O7S/c1-22-5-2-3-7-30(45-32-14-16-43-34(32)40)27-11-8-25(27)19-38-20-35(15-4-6-23-17-26(36)10-12-28(23)35)21-44-31-13-9-24(18-29(31)38)33(39)37-46(22,41)42/h3,7,9-10,12-13,17-18,22,25,27,30,32H,2,4-6,8,11,14-16,19-21H2,1H3,(H,37,39)/b7-3-/t22-,25+,27-,30+,32-,35+/m1/s1. The number of hydrogen-bond donors (Lipinski definition) is 1. The Kier molecular flexibility index (Phi) is 8.57. The average Bonchev–Trinajstić information content (AvgIpc) is 3.35. The highest BCUT2D eigenvalue weighted by Gasteiger charge is 2.45. The van der Waals surface area contributed by atoms with E-state index in [0.29, 0.717) is 51.3 Å². The number of benzene rings is 2. The molecule has 1 N–H and O–H groups in total. The second kappa shape index (κ2) is 12.5. The lowest BCUT2D eigenvalue weighted by molar-refractivity contribution is -0.152. The summed E-state index contributed by atoms with van der Waals surface area (Å²) in [6, 6.07) is 11.4. The minimum absolute atomic E-state index is 0.172. The molecule has 0 radical (unpaired) electrons. The maximum Gasteiger partial charge on any atom is 0.335 e. The monoisotopic (exact) mass is 668 g/mol. The molecule has 1 saturated heterocycles. The first-order chi connectivity index (χ1) is 22.1. The fourth-order valence-electron chi connectivity index (χ4n) is 7.88. The van der Waals surface area contributed by atoms with Crippen LogP contribution < -0.4 is 14.4 Å². The van der Waals surface area contributed by atoms with E-state index < -0.39 is 27.3 Å². The highest BCUT2D eigenvalue weighted by molar-refractivity contribution is 7.90. The van der Waals surface area contributed by atoms with Crippen LogP contribution in [0.1, 0.15) is 73.4 Å². The molecule has 2 bridgehead atoms. The Bertz CT molecular complexity index is 1660. The first kappa shape index (κ1) is 31.5. The van der Waals surface area contributed by atoms with E-state index in [-0.39, 0.29) is 34.9 Å². The Hall–Kier alpha value is -3.08. The van der Waals surface area contributed by atoms with Crippen molar-refractivity contribution in [3.8, 4) is 5.75 Å². The number of carbonyl (C=O) groups excluding carboxylic acids is 2. The van der Waals surface area contributed by atoms with Gasteiger partial charge in [-0.05, 0) is 105 Å². The molecule has 6 atom stereocenters. The third kappa shape index (κ3) is 6.04. The molecule has 2 fully saturated rings. The van der Waals surface area contributed by atoms with Gasteiger partial charge >= 0.3 is 5.97 Å². The van der Waals surface area contributed by atoms with Crippen LogP contribution in [0.25, 0.3) is 0 Å². The molecule has 3 aliphatic heterocycles. The lowest BCUT2D eigenvalue weighted by Gasteiger charge is -2.46. The molecule has 0 aromatic heterocycles. The van der Waals surface area contributed by atoms with E-state index >= 15 is 0 Å². The molecule has 11 heteroatoms. The van der Waals surface area contributed by atoms with Crippen LogP contribution in [0.15, 0.2) is 48.6 Å². The van der Waals surface area contributed by atoms with Crippen LogP contribution in [0.3, 0.4) is 0 Å². The Morgan fingerprint density at radius 3 is 2.72 bits per heavy atom. The van der Waals surface area contributed by atoms with Gasteiger partial charge < -0.3 is 19.1 Å². The minimum Gasteiger partial charge on any atom is -0.490 e. The third-order valence-electron chi connectivity index (χ3n) is 10.7. The Labute approximate surface area is 275 Å². The molecule has 1 spiro atoms. The van der Waals surface area contributed by atoms with Crippen LogP contribution in [-0.2, 0) is 36.1 Å². The summed E-state index contributed by atoms with van der Waals surface area (Å²) in [5.74, 6) is 0.145. The van der Waals surface area contributed by atoms with Gasteiger partial charge in [-0.25, -0.2) is 17.9 Å². The summed E-state index contributed by atoms with van der Waals surface area (Å²) in [5, 5.41) is -0.0591. The van der Waals surface area contributed by atoms with Gasteiger partial charge in [-0.1, -0.05) is 29.8 Å². The number of fused-ring (bicyclic) bond motifs is 4. The highest BCUT2D eigenvalue weighted by atomic mass is 35.5. The van der Waals surface area contributed by atoms with E-state index in [1.807, 2.05) is 18.2 Å².